The quantitative estimate of drug-likeness (QED) is 0.658. The van der Waals surface area contributed by atoms with Gasteiger partial charge in [-0.25, -0.2) is 4.79 Å². The summed E-state index contributed by atoms with van der Waals surface area (Å²) in [7, 11) is 4.23. The largest absolute Gasteiger partial charge is 0.493 e. The zero-order valence-electron chi connectivity index (χ0n) is 15.6. The first-order valence-electron chi connectivity index (χ1n) is 8.07. The van der Waals surface area contributed by atoms with E-state index < -0.39 is 24.4 Å². The Hall–Kier alpha value is -3.75. The average Bonchev–Trinajstić information content (AvgIpc) is 2.70. The maximum Gasteiger partial charge on any atom is 0.342 e. The number of benzene rings is 2. The number of primary amides is 1. The molecule has 2 amide bonds. The molecule has 2 aromatic rings. The van der Waals surface area contributed by atoms with Crippen molar-refractivity contribution in [3.8, 4) is 17.2 Å². The Bertz CT molecular complexity index is 879. The van der Waals surface area contributed by atoms with Crippen molar-refractivity contribution in [3.05, 3.63) is 47.5 Å². The lowest BCUT2D eigenvalue weighted by atomic mass is 10.1. The number of carbonyl (C=O) groups is 3. The van der Waals surface area contributed by atoms with E-state index in [1.165, 1.54) is 57.7 Å². The third-order valence-corrected chi connectivity index (χ3v) is 3.71. The first-order chi connectivity index (χ1) is 13.4. The van der Waals surface area contributed by atoms with Gasteiger partial charge in [0, 0.05) is 11.3 Å². The summed E-state index contributed by atoms with van der Waals surface area (Å²) < 4.78 is 20.6. The Morgan fingerprint density at radius 3 is 2.07 bits per heavy atom. The molecule has 0 aliphatic rings. The minimum Gasteiger partial charge on any atom is -0.493 e. The summed E-state index contributed by atoms with van der Waals surface area (Å²) >= 11 is 0. The number of esters is 1. The van der Waals surface area contributed by atoms with Gasteiger partial charge in [-0.15, -0.1) is 0 Å². The van der Waals surface area contributed by atoms with Crippen molar-refractivity contribution < 1.29 is 33.3 Å². The monoisotopic (exact) mass is 388 g/mol. The van der Waals surface area contributed by atoms with E-state index in [4.69, 9.17) is 24.7 Å². The van der Waals surface area contributed by atoms with E-state index in [9.17, 15) is 14.4 Å². The normalized spacial score (nSPS) is 9.96. The van der Waals surface area contributed by atoms with Crippen molar-refractivity contribution in [2.75, 3.05) is 33.3 Å². The number of hydrogen-bond donors (Lipinski definition) is 2. The van der Waals surface area contributed by atoms with Gasteiger partial charge in [-0.3, -0.25) is 9.59 Å². The number of rotatable bonds is 8. The molecule has 0 unspecified atom stereocenters. The fourth-order valence-corrected chi connectivity index (χ4v) is 2.39. The van der Waals surface area contributed by atoms with Crippen molar-refractivity contribution in [3.63, 3.8) is 0 Å². The zero-order chi connectivity index (χ0) is 20.7. The molecule has 0 heterocycles. The van der Waals surface area contributed by atoms with E-state index in [1.807, 2.05) is 0 Å². The molecule has 3 N–H and O–H groups in total. The number of ether oxygens (including phenoxy) is 4. The molecule has 0 spiro atoms. The summed E-state index contributed by atoms with van der Waals surface area (Å²) in [5.41, 5.74) is 5.97. The van der Waals surface area contributed by atoms with Gasteiger partial charge in [-0.2, -0.15) is 0 Å². The Morgan fingerprint density at radius 1 is 0.893 bits per heavy atom. The van der Waals surface area contributed by atoms with Crippen LogP contribution in [0, 0.1) is 0 Å². The van der Waals surface area contributed by atoms with Crippen LogP contribution in [0.3, 0.4) is 0 Å². The van der Waals surface area contributed by atoms with Crippen LogP contribution in [0.1, 0.15) is 20.7 Å². The van der Waals surface area contributed by atoms with Gasteiger partial charge in [0.2, 0.25) is 11.7 Å². The SMILES string of the molecule is COc1ccc(C(=O)OCC(=O)Nc2ccc(C(N)=O)cc2)c(OC)c1OC. The van der Waals surface area contributed by atoms with Crippen LogP contribution in [-0.4, -0.2) is 45.7 Å². The Morgan fingerprint density at radius 2 is 1.54 bits per heavy atom. The average molecular weight is 388 g/mol. The topological polar surface area (TPSA) is 126 Å². The standard InChI is InChI=1S/C19H20N2O7/c1-25-14-9-8-13(16(26-2)17(14)27-3)19(24)28-10-15(22)21-12-6-4-11(5-7-12)18(20)23/h4-9H,10H2,1-3H3,(H2,20,23)(H,21,22). The van der Waals surface area contributed by atoms with Crippen LogP contribution in [-0.2, 0) is 9.53 Å². The van der Waals surface area contributed by atoms with Crippen molar-refractivity contribution >= 4 is 23.5 Å². The second kappa shape index (κ2) is 9.26. The highest BCUT2D eigenvalue weighted by Gasteiger charge is 2.22. The number of amides is 2. The molecule has 9 nitrogen and oxygen atoms in total. The van der Waals surface area contributed by atoms with E-state index in [1.54, 1.807) is 0 Å². The maximum atomic E-state index is 12.3. The lowest BCUT2D eigenvalue weighted by Crippen LogP contribution is -2.21. The van der Waals surface area contributed by atoms with Crippen LogP contribution in [0.15, 0.2) is 36.4 Å². The third kappa shape index (κ3) is 4.70. The summed E-state index contributed by atoms with van der Waals surface area (Å²) in [6, 6.07) is 8.94. The minimum absolute atomic E-state index is 0.0822. The minimum atomic E-state index is -0.767. The third-order valence-electron chi connectivity index (χ3n) is 3.71. The molecule has 0 radical (unpaired) electrons. The number of hydrogen-bond acceptors (Lipinski definition) is 7. The summed E-state index contributed by atoms with van der Waals surface area (Å²) in [6.45, 7) is -0.520. The van der Waals surface area contributed by atoms with Crippen molar-refractivity contribution in [1.82, 2.24) is 0 Å². The molecule has 2 rings (SSSR count). The smallest absolute Gasteiger partial charge is 0.342 e. The fourth-order valence-electron chi connectivity index (χ4n) is 2.39. The summed E-state index contributed by atoms with van der Waals surface area (Å²) in [4.78, 5) is 35.4. The van der Waals surface area contributed by atoms with Crippen molar-refractivity contribution in [2.24, 2.45) is 5.73 Å². The summed E-state index contributed by atoms with van der Waals surface area (Å²) in [5.74, 6) is -1.15. The van der Waals surface area contributed by atoms with Gasteiger partial charge in [0.25, 0.3) is 5.91 Å². The Balaban J connectivity index is 2.03. The van der Waals surface area contributed by atoms with E-state index in [0.29, 0.717) is 17.0 Å². The second-order valence-corrected chi connectivity index (χ2v) is 5.45. The van der Waals surface area contributed by atoms with E-state index >= 15 is 0 Å². The summed E-state index contributed by atoms with van der Waals surface area (Å²) in [5, 5.41) is 2.54. The van der Waals surface area contributed by atoms with Gasteiger partial charge in [0.1, 0.15) is 5.56 Å². The van der Waals surface area contributed by atoms with E-state index in [0.717, 1.165) is 0 Å². The van der Waals surface area contributed by atoms with Gasteiger partial charge >= 0.3 is 5.97 Å². The molecule has 0 aliphatic carbocycles. The van der Waals surface area contributed by atoms with Crippen molar-refractivity contribution in [1.29, 1.82) is 0 Å². The predicted octanol–water partition coefficient (Wildman–Crippen LogP) is 1.61. The van der Waals surface area contributed by atoms with E-state index in [2.05, 4.69) is 5.32 Å². The first kappa shape index (κ1) is 20.6. The van der Waals surface area contributed by atoms with Crippen molar-refractivity contribution in [2.45, 2.75) is 0 Å². The van der Waals surface area contributed by atoms with Gasteiger partial charge in [-0.1, -0.05) is 0 Å². The fraction of sp³-hybridized carbons (Fsp3) is 0.211. The molecule has 0 saturated carbocycles. The highest BCUT2D eigenvalue weighted by Crippen LogP contribution is 2.39. The molecule has 0 aromatic heterocycles. The number of carbonyl (C=O) groups excluding carboxylic acids is 3. The van der Waals surface area contributed by atoms with Gasteiger partial charge in [-0.05, 0) is 36.4 Å². The molecule has 0 bridgehead atoms. The highest BCUT2D eigenvalue weighted by molar-refractivity contribution is 5.98. The number of nitrogens with two attached hydrogens (primary N) is 1. The maximum absolute atomic E-state index is 12.3. The second-order valence-electron chi connectivity index (χ2n) is 5.45. The highest BCUT2D eigenvalue weighted by atomic mass is 16.5. The van der Waals surface area contributed by atoms with Crippen LogP contribution in [0.4, 0.5) is 5.69 Å². The molecule has 0 aliphatic heterocycles. The first-order valence-corrected chi connectivity index (χ1v) is 8.07. The van der Waals surface area contributed by atoms with Crippen LogP contribution in [0.2, 0.25) is 0 Å². The van der Waals surface area contributed by atoms with Crippen LogP contribution < -0.4 is 25.3 Å². The van der Waals surface area contributed by atoms with Crippen LogP contribution in [0.25, 0.3) is 0 Å². The Labute approximate surface area is 161 Å². The molecule has 0 saturated heterocycles. The number of methoxy groups -OCH3 is 3. The lowest BCUT2D eigenvalue weighted by Gasteiger charge is -2.15. The Kier molecular flexibility index (Phi) is 6.80. The van der Waals surface area contributed by atoms with Gasteiger partial charge < -0.3 is 30.0 Å². The van der Waals surface area contributed by atoms with Gasteiger partial charge in [0.15, 0.2) is 18.1 Å². The molecular weight excluding hydrogens is 368 g/mol. The lowest BCUT2D eigenvalue weighted by molar-refractivity contribution is -0.119. The summed E-state index contributed by atoms with van der Waals surface area (Å²) in [6.07, 6.45) is 0. The number of nitrogens with one attached hydrogen (secondary N) is 1. The van der Waals surface area contributed by atoms with E-state index in [-0.39, 0.29) is 17.1 Å². The predicted molar refractivity (Wildman–Crippen MR) is 100.0 cm³/mol. The van der Waals surface area contributed by atoms with Crippen LogP contribution >= 0.6 is 0 Å². The number of anilines is 1. The van der Waals surface area contributed by atoms with Crippen LogP contribution in [0.5, 0.6) is 17.2 Å². The molecule has 148 valence electrons. The molecule has 2 aromatic carbocycles. The molecule has 9 heteroatoms. The molecule has 0 fully saturated rings. The molecule has 0 atom stereocenters. The zero-order valence-corrected chi connectivity index (χ0v) is 15.6. The molecular formula is C19H20N2O7. The van der Waals surface area contributed by atoms with Gasteiger partial charge in [0.05, 0.1) is 21.3 Å². The molecule has 28 heavy (non-hydrogen) atoms.